The molecule has 0 radical (unpaired) electrons. The molecule has 0 spiro atoms. The van der Waals surface area contributed by atoms with Crippen LogP contribution >= 0.6 is 27.3 Å². The summed E-state index contributed by atoms with van der Waals surface area (Å²) in [5.74, 6) is 0. The first-order valence-electron chi connectivity index (χ1n) is 4.70. The molecule has 0 atom stereocenters. The number of aryl methyl sites for hydroxylation is 2. The molecular weight excluding hydrogens is 270 g/mol. The summed E-state index contributed by atoms with van der Waals surface area (Å²) in [4.78, 5) is 1.22. The van der Waals surface area contributed by atoms with E-state index < -0.39 is 0 Å². The maximum absolute atomic E-state index is 6.00. The number of benzene rings is 1. The van der Waals surface area contributed by atoms with Gasteiger partial charge in [0, 0.05) is 16.1 Å². The number of nitrogens with two attached hydrogens (primary N) is 1. The molecule has 2 N–H and O–H groups in total. The molecule has 1 nitrogen and oxygen atoms in total. The van der Waals surface area contributed by atoms with Gasteiger partial charge in [-0.25, -0.2) is 0 Å². The first-order chi connectivity index (χ1) is 7.08. The highest BCUT2D eigenvalue weighted by molar-refractivity contribution is 9.11. The average Bonchev–Trinajstić information content (AvgIpc) is 2.46. The van der Waals surface area contributed by atoms with Gasteiger partial charge in [0.05, 0.1) is 3.79 Å². The molecule has 1 heterocycles. The summed E-state index contributed by atoms with van der Waals surface area (Å²) >= 11 is 5.25. The zero-order chi connectivity index (χ0) is 11.0. The molecule has 0 unspecified atom stereocenters. The van der Waals surface area contributed by atoms with E-state index in [0.29, 0.717) is 0 Å². The van der Waals surface area contributed by atoms with E-state index in [0.717, 1.165) is 11.3 Å². The molecule has 0 amide bonds. The van der Waals surface area contributed by atoms with E-state index in [4.69, 9.17) is 5.73 Å². The predicted molar refractivity (Wildman–Crippen MR) is 71.3 cm³/mol. The van der Waals surface area contributed by atoms with Gasteiger partial charge in [0.15, 0.2) is 0 Å². The summed E-state index contributed by atoms with van der Waals surface area (Å²) < 4.78 is 1.18. The molecule has 2 rings (SSSR count). The van der Waals surface area contributed by atoms with Crippen LogP contribution in [0.15, 0.2) is 28.1 Å². The number of anilines is 1. The van der Waals surface area contributed by atoms with Crippen LogP contribution < -0.4 is 5.73 Å². The summed E-state index contributed by atoms with van der Waals surface area (Å²) in [6.07, 6.45) is 0. The van der Waals surface area contributed by atoms with E-state index in [-0.39, 0.29) is 0 Å². The van der Waals surface area contributed by atoms with Crippen LogP contribution in [-0.4, -0.2) is 0 Å². The van der Waals surface area contributed by atoms with Gasteiger partial charge in [-0.15, -0.1) is 11.3 Å². The molecule has 1 aromatic carbocycles. The third-order valence-corrected chi connectivity index (χ3v) is 4.50. The third kappa shape index (κ3) is 2.08. The van der Waals surface area contributed by atoms with Crippen molar-refractivity contribution in [1.82, 2.24) is 0 Å². The summed E-state index contributed by atoms with van der Waals surface area (Å²) in [6, 6.07) is 8.35. The summed E-state index contributed by atoms with van der Waals surface area (Å²) in [7, 11) is 0. The van der Waals surface area contributed by atoms with Gasteiger partial charge in [-0.05, 0) is 53.0 Å². The fourth-order valence-corrected chi connectivity index (χ4v) is 3.08. The van der Waals surface area contributed by atoms with Crippen LogP contribution in [0, 0.1) is 13.8 Å². The average molecular weight is 282 g/mol. The predicted octanol–water partition coefficient (Wildman–Crippen LogP) is 4.38. The molecule has 0 aliphatic rings. The molecule has 1 aromatic heterocycles. The fourth-order valence-electron chi connectivity index (χ4n) is 1.50. The van der Waals surface area contributed by atoms with Crippen molar-refractivity contribution in [3.8, 4) is 10.4 Å². The zero-order valence-electron chi connectivity index (χ0n) is 8.67. The molecular formula is C12H12BrNS. The number of nitrogen functional groups attached to an aromatic ring is 1. The second-order valence-corrected chi connectivity index (χ2v) is 6.03. The number of hydrogen-bond acceptors (Lipinski definition) is 2. The first kappa shape index (κ1) is 10.7. The van der Waals surface area contributed by atoms with E-state index in [1.807, 2.05) is 6.07 Å². The Bertz CT molecular complexity index is 483. The maximum atomic E-state index is 6.00. The molecule has 0 aliphatic carbocycles. The van der Waals surface area contributed by atoms with Gasteiger partial charge < -0.3 is 5.73 Å². The highest BCUT2D eigenvalue weighted by Crippen LogP contribution is 2.37. The summed E-state index contributed by atoms with van der Waals surface area (Å²) in [6.45, 7) is 4.14. The van der Waals surface area contributed by atoms with Crippen molar-refractivity contribution in [2.75, 3.05) is 5.73 Å². The number of halogens is 1. The smallest absolute Gasteiger partial charge is 0.0734 e. The highest BCUT2D eigenvalue weighted by atomic mass is 79.9. The van der Waals surface area contributed by atoms with Crippen LogP contribution in [0.5, 0.6) is 0 Å². The Morgan fingerprint density at radius 2 is 1.93 bits per heavy atom. The standard InChI is InChI=1S/C12H12BrNS/c1-7-3-4-9(10(14)5-7)11-6-8(2)12(13)15-11/h3-6H,14H2,1-2H3. The van der Waals surface area contributed by atoms with E-state index in [9.17, 15) is 0 Å². The van der Waals surface area contributed by atoms with Crippen LogP contribution in [0.4, 0.5) is 5.69 Å². The Labute approximate surface area is 102 Å². The molecule has 0 fully saturated rings. The lowest BCUT2D eigenvalue weighted by atomic mass is 10.1. The van der Waals surface area contributed by atoms with Crippen molar-refractivity contribution >= 4 is 33.0 Å². The van der Waals surface area contributed by atoms with Crippen LogP contribution in [0.25, 0.3) is 10.4 Å². The van der Waals surface area contributed by atoms with Gasteiger partial charge in [-0.3, -0.25) is 0 Å². The zero-order valence-corrected chi connectivity index (χ0v) is 11.1. The summed E-state index contributed by atoms with van der Waals surface area (Å²) in [5.41, 5.74) is 10.4. The molecule has 2 aromatic rings. The van der Waals surface area contributed by atoms with Crippen molar-refractivity contribution in [2.24, 2.45) is 0 Å². The number of rotatable bonds is 1. The van der Waals surface area contributed by atoms with Gasteiger partial charge >= 0.3 is 0 Å². The van der Waals surface area contributed by atoms with Gasteiger partial charge in [-0.1, -0.05) is 12.1 Å². The highest BCUT2D eigenvalue weighted by Gasteiger charge is 2.07. The van der Waals surface area contributed by atoms with Gasteiger partial charge in [-0.2, -0.15) is 0 Å². The largest absolute Gasteiger partial charge is 0.398 e. The van der Waals surface area contributed by atoms with Gasteiger partial charge in [0.2, 0.25) is 0 Å². The van der Waals surface area contributed by atoms with E-state index in [1.165, 1.54) is 19.8 Å². The quantitative estimate of drug-likeness (QED) is 0.772. The Balaban J connectivity index is 2.54. The molecule has 15 heavy (non-hydrogen) atoms. The third-order valence-electron chi connectivity index (χ3n) is 2.33. The Kier molecular flexibility index (Phi) is 2.85. The molecule has 0 bridgehead atoms. The van der Waals surface area contributed by atoms with Crippen molar-refractivity contribution in [2.45, 2.75) is 13.8 Å². The lowest BCUT2D eigenvalue weighted by molar-refractivity contribution is 1.47. The van der Waals surface area contributed by atoms with E-state index in [1.54, 1.807) is 11.3 Å². The molecule has 0 aliphatic heterocycles. The lowest BCUT2D eigenvalue weighted by Gasteiger charge is -2.03. The molecule has 3 heteroatoms. The maximum Gasteiger partial charge on any atom is 0.0734 e. The SMILES string of the molecule is Cc1ccc(-c2cc(C)c(Br)s2)c(N)c1. The minimum absolute atomic E-state index is 0.851. The molecule has 78 valence electrons. The second-order valence-electron chi connectivity index (χ2n) is 3.66. The van der Waals surface area contributed by atoms with E-state index >= 15 is 0 Å². The first-order valence-corrected chi connectivity index (χ1v) is 6.31. The minimum Gasteiger partial charge on any atom is -0.398 e. The lowest BCUT2D eigenvalue weighted by Crippen LogP contribution is -1.89. The Morgan fingerprint density at radius 1 is 1.20 bits per heavy atom. The minimum atomic E-state index is 0.851. The second kappa shape index (κ2) is 3.99. The number of hydrogen-bond donors (Lipinski definition) is 1. The van der Waals surface area contributed by atoms with Crippen molar-refractivity contribution in [1.29, 1.82) is 0 Å². The molecule has 0 saturated heterocycles. The van der Waals surface area contributed by atoms with Gasteiger partial charge in [0.1, 0.15) is 0 Å². The topological polar surface area (TPSA) is 26.0 Å². The number of thiophene rings is 1. The van der Waals surface area contributed by atoms with Gasteiger partial charge in [0.25, 0.3) is 0 Å². The Morgan fingerprint density at radius 3 is 2.47 bits per heavy atom. The molecule has 0 saturated carbocycles. The monoisotopic (exact) mass is 281 g/mol. The summed E-state index contributed by atoms with van der Waals surface area (Å²) in [5, 5.41) is 0. The van der Waals surface area contributed by atoms with Crippen LogP contribution in [-0.2, 0) is 0 Å². The normalized spacial score (nSPS) is 10.6. The van der Waals surface area contributed by atoms with Crippen molar-refractivity contribution < 1.29 is 0 Å². The van der Waals surface area contributed by atoms with E-state index in [2.05, 4.69) is 48.0 Å². The van der Waals surface area contributed by atoms with Crippen molar-refractivity contribution in [3.63, 3.8) is 0 Å². The van der Waals surface area contributed by atoms with Crippen LogP contribution in [0.3, 0.4) is 0 Å². The van der Waals surface area contributed by atoms with Crippen LogP contribution in [0.2, 0.25) is 0 Å². The fraction of sp³-hybridized carbons (Fsp3) is 0.167. The van der Waals surface area contributed by atoms with Crippen LogP contribution in [0.1, 0.15) is 11.1 Å². The Hall–Kier alpha value is -0.800. The van der Waals surface area contributed by atoms with Crippen molar-refractivity contribution in [3.05, 3.63) is 39.2 Å².